The normalized spacial score (nSPS) is 22.5. The Bertz CT molecular complexity index is 302. The second kappa shape index (κ2) is 5.35. The van der Waals surface area contributed by atoms with E-state index in [1.807, 2.05) is 6.92 Å². The molecule has 98 valence electrons. The third-order valence-corrected chi connectivity index (χ3v) is 2.69. The number of ether oxygens (including phenoxy) is 2. The molecule has 0 unspecified atom stereocenters. The van der Waals surface area contributed by atoms with E-state index in [-0.39, 0.29) is 6.61 Å². The first-order valence-electron chi connectivity index (χ1n) is 5.73. The van der Waals surface area contributed by atoms with Crippen LogP contribution in [0.15, 0.2) is 0 Å². The van der Waals surface area contributed by atoms with Crippen molar-refractivity contribution >= 4 is 12.1 Å². The van der Waals surface area contributed by atoms with Gasteiger partial charge >= 0.3 is 12.1 Å². The highest BCUT2D eigenvalue weighted by Gasteiger charge is 2.48. The predicted molar refractivity (Wildman–Crippen MR) is 59.5 cm³/mol. The minimum absolute atomic E-state index is 0.00872. The molecule has 1 N–H and O–H groups in total. The summed E-state index contributed by atoms with van der Waals surface area (Å²) in [6, 6.07) is -0.973. The summed E-state index contributed by atoms with van der Waals surface area (Å²) in [5.74, 6) is -1.08. The Labute approximate surface area is 100 Å². The number of amides is 1. The molecule has 1 atom stereocenters. The molecule has 6 nitrogen and oxygen atoms in total. The molecule has 0 aromatic rings. The number of aliphatic carboxylic acids is 1. The van der Waals surface area contributed by atoms with Gasteiger partial charge in [0, 0.05) is 0 Å². The number of carboxylic acid groups (broad SMARTS) is 1. The van der Waals surface area contributed by atoms with Crippen LogP contribution in [0.5, 0.6) is 0 Å². The molecule has 0 bridgehead atoms. The fraction of sp³-hybridized carbons (Fsp3) is 0.818. The molecule has 1 fully saturated rings. The van der Waals surface area contributed by atoms with Crippen LogP contribution in [-0.4, -0.2) is 47.0 Å². The number of rotatable bonds is 4. The maximum Gasteiger partial charge on any atom is 0.412 e. The molecule has 0 aliphatic carbocycles. The first-order chi connectivity index (χ1) is 7.90. The summed E-state index contributed by atoms with van der Waals surface area (Å²) < 4.78 is 10.3. The highest BCUT2D eigenvalue weighted by atomic mass is 16.6. The predicted octanol–water partition coefficient (Wildman–Crippen LogP) is 1.44. The molecule has 0 aromatic carbocycles. The standard InChI is InChI=1S/C11H19NO5/c1-4-5-6-16-10(15)12-8(9(13)14)7-17-11(12,2)3/h8H,4-7H2,1-3H3,(H,13,14)/t8-/m1/s1. The Morgan fingerprint density at radius 1 is 1.53 bits per heavy atom. The van der Waals surface area contributed by atoms with Gasteiger partial charge in [0.15, 0.2) is 6.04 Å². The molecule has 17 heavy (non-hydrogen) atoms. The van der Waals surface area contributed by atoms with Crippen molar-refractivity contribution in [3.8, 4) is 0 Å². The number of carbonyl (C=O) groups excluding carboxylic acids is 1. The molecule has 1 saturated heterocycles. The summed E-state index contributed by atoms with van der Waals surface area (Å²) in [7, 11) is 0. The zero-order chi connectivity index (χ0) is 13.1. The molecule has 1 rings (SSSR count). The van der Waals surface area contributed by atoms with E-state index in [9.17, 15) is 9.59 Å². The fourth-order valence-electron chi connectivity index (χ4n) is 1.70. The molecule has 1 aliphatic rings. The molecule has 0 spiro atoms. The largest absolute Gasteiger partial charge is 0.480 e. The lowest BCUT2D eigenvalue weighted by atomic mass is 10.2. The fourth-order valence-corrected chi connectivity index (χ4v) is 1.70. The van der Waals surface area contributed by atoms with E-state index in [0.717, 1.165) is 17.7 Å². The van der Waals surface area contributed by atoms with Crippen LogP contribution in [0.4, 0.5) is 4.79 Å². The molecular formula is C11H19NO5. The Balaban J connectivity index is 2.69. The van der Waals surface area contributed by atoms with Crippen molar-refractivity contribution < 1.29 is 24.2 Å². The van der Waals surface area contributed by atoms with Crippen molar-refractivity contribution in [3.05, 3.63) is 0 Å². The van der Waals surface area contributed by atoms with Crippen LogP contribution in [0.2, 0.25) is 0 Å². The van der Waals surface area contributed by atoms with Crippen LogP contribution in [-0.2, 0) is 14.3 Å². The van der Waals surface area contributed by atoms with Gasteiger partial charge in [-0.05, 0) is 20.3 Å². The summed E-state index contributed by atoms with van der Waals surface area (Å²) in [6.45, 7) is 5.57. The van der Waals surface area contributed by atoms with Gasteiger partial charge in [0.25, 0.3) is 0 Å². The SMILES string of the molecule is CCCCOC(=O)N1[C@@H](C(=O)O)COC1(C)C. The van der Waals surface area contributed by atoms with Gasteiger partial charge in [-0.3, -0.25) is 4.90 Å². The molecule has 6 heteroatoms. The molecular weight excluding hydrogens is 226 g/mol. The smallest absolute Gasteiger partial charge is 0.412 e. The maximum absolute atomic E-state index is 11.8. The summed E-state index contributed by atoms with van der Waals surface area (Å²) in [6.07, 6.45) is 1.04. The summed E-state index contributed by atoms with van der Waals surface area (Å²) in [5.41, 5.74) is -0.938. The zero-order valence-electron chi connectivity index (χ0n) is 10.4. The topological polar surface area (TPSA) is 76.1 Å². The molecule has 1 aliphatic heterocycles. The Hall–Kier alpha value is -1.30. The highest BCUT2D eigenvalue weighted by Crippen LogP contribution is 2.28. The number of hydrogen-bond acceptors (Lipinski definition) is 4. The quantitative estimate of drug-likeness (QED) is 0.758. The van der Waals surface area contributed by atoms with Gasteiger partial charge in [-0.2, -0.15) is 0 Å². The lowest BCUT2D eigenvalue weighted by Gasteiger charge is -2.31. The van der Waals surface area contributed by atoms with Crippen LogP contribution >= 0.6 is 0 Å². The molecule has 1 heterocycles. The van der Waals surface area contributed by atoms with E-state index in [2.05, 4.69) is 0 Å². The third-order valence-electron chi connectivity index (χ3n) is 2.69. The van der Waals surface area contributed by atoms with Gasteiger partial charge in [-0.1, -0.05) is 13.3 Å². The van der Waals surface area contributed by atoms with Crippen LogP contribution in [0.3, 0.4) is 0 Å². The third kappa shape index (κ3) is 3.09. The van der Waals surface area contributed by atoms with Crippen molar-refractivity contribution in [1.29, 1.82) is 0 Å². The van der Waals surface area contributed by atoms with Crippen molar-refractivity contribution in [2.24, 2.45) is 0 Å². The van der Waals surface area contributed by atoms with Crippen molar-refractivity contribution in [2.75, 3.05) is 13.2 Å². The highest BCUT2D eigenvalue weighted by molar-refractivity contribution is 5.81. The molecule has 1 amide bonds. The second-order valence-corrected chi connectivity index (χ2v) is 4.45. The number of carboxylic acids is 1. The van der Waals surface area contributed by atoms with E-state index in [1.54, 1.807) is 13.8 Å². The molecule has 0 aromatic heterocycles. The van der Waals surface area contributed by atoms with Gasteiger partial charge in [0.2, 0.25) is 0 Å². The number of carbonyl (C=O) groups is 2. The first-order valence-corrected chi connectivity index (χ1v) is 5.73. The number of nitrogens with zero attached hydrogens (tertiary/aromatic N) is 1. The number of unbranched alkanes of at least 4 members (excludes halogenated alkanes) is 1. The van der Waals surface area contributed by atoms with Crippen LogP contribution in [0, 0.1) is 0 Å². The van der Waals surface area contributed by atoms with Crippen LogP contribution < -0.4 is 0 Å². The van der Waals surface area contributed by atoms with Crippen LogP contribution in [0.1, 0.15) is 33.6 Å². The first kappa shape index (κ1) is 13.8. The van der Waals surface area contributed by atoms with Gasteiger partial charge < -0.3 is 14.6 Å². The van der Waals surface area contributed by atoms with Crippen molar-refractivity contribution in [1.82, 2.24) is 4.90 Å². The van der Waals surface area contributed by atoms with E-state index >= 15 is 0 Å². The van der Waals surface area contributed by atoms with Gasteiger partial charge in [0.05, 0.1) is 13.2 Å². The van der Waals surface area contributed by atoms with Crippen molar-refractivity contribution in [3.63, 3.8) is 0 Å². The Morgan fingerprint density at radius 3 is 2.71 bits per heavy atom. The Morgan fingerprint density at radius 2 is 2.18 bits per heavy atom. The van der Waals surface area contributed by atoms with Crippen LogP contribution in [0.25, 0.3) is 0 Å². The van der Waals surface area contributed by atoms with Gasteiger partial charge in [0.1, 0.15) is 5.72 Å². The van der Waals surface area contributed by atoms with Gasteiger partial charge in [-0.15, -0.1) is 0 Å². The summed E-state index contributed by atoms with van der Waals surface area (Å²) >= 11 is 0. The van der Waals surface area contributed by atoms with Crippen molar-refractivity contribution in [2.45, 2.75) is 45.4 Å². The van der Waals surface area contributed by atoms with E-state index in [1.165, 1.54) is 0 Å². The zero-order valence-corrected chi connectivity index (χ0v) is 10.4. The lowest BCUT2D eigenvalue weighted by Crippen LogP contribution is -2.50. The van der Waals surface area contributed by atoms with E-state index in [0.29, 0.717) is 6.61 Å². The molecule has 0 saturated carbocycles. The van der Waals surface area contributed by atoms with E-state index in [4.69, 9.17) is 14.6 Å². The number of hydrogen-bond donors (Lipinski definition) is 1. The minimum Gasteiger partial charge on any atom is -0.480 e. The lowest BCUT2D eigenvalue weighted by molar-refractivity contribution is -0.142. The average Bonchev–Trinajstić information content (AvgIpc) is 2.54. The van der Waals surface area contributed by atoms with E-state index < -0.39 is 23.8 Å². The molecule has 0 radical (unpaired) electrons. The monoisotopic (exact) mass is 245 g/mol. The Kier molecular flexibility index (Phi) is 4.34. The maximum atomic E-state index is 11.8. The minimum atomic E-state index is -1.08. The average molecular weight is 245 g/mol. The van der Waals surface area contributed by atoms with Gasteiger partial charge in [-0.25, -0.2) is 9.59 Å². The second-order valence-electron chi connectivity index (χ2n) is 4.45. The summed E-state index contributed by atoms with van der Waals surface area (Å²) in [5, 5.41) is 9.01. The summed E-state index contributed by atoms with van der Waals surface area (Å²) in [4.78, 5) is 24.0.